The third-order valence-corrected chi connectivity index (χ3v) is 1.92. The molecule has 2 heterocycles. The zero-order chi connectivity index (χ0) is 11.5. The number of nitrogens with zero attached hydrogens (tertiary/aromatic N) is 2. The van der Waals surface area contributed by atoms with Gasteiger partial charge in [0.2, 0.25) is 0 Å². The van der Waals surface area contributed by atoms with E-state index in [4.69, 9.17) is 10.3 Å². The van der Waals surface area contributed by atoms with Crippen molar-refractivity contribution in [1.29, 1.82) is 0 Å². The Morgan fingerprint density at radius 2 is 2.38 bits per heavy atom. The van der Waals surface area contributed by atoms with Gasteiger partial charge in [-0.3, -0.25) is 4.79 Å². The van der Waals surface area contributed by atoms with E-state index in [1.54, 1.807) is 25.1 Å². The van der Waals surface area contributed by atoms with Crippen LogP contribution in [0.4, 0.5) is 11.5 Å². The zero-order valence-corrected chi connectivity index (χ0v) is 8.60. The minimum Gasteiger partial charge on any atom is -0.397 e. The van der Waals surface area contributed by atoms with Crippen molar-refractivity contribution in [3.05, 3.63) is 35.9 Å². The Kier molecular flexibility index (Phi) is 2.55. The Morgan fingerprint density at radius 1 is 1.56 bits per heavy atom. The summed E-state index contributed by atoms with van der Waals surface area (Å²) in [6.07, 6.45) is 1.50. The minimum absolute atomic E-state index is 0.170. The van der Waals surface area contributed by atoms with E-state index in [2.05, 4.69) is 15.5 Å². The average molecular weight is 218 g/mol. The van der Waals surface area contributed by atoms with Gasteiger partial charge in [-0.25, -0.2) is 4.98 Å². The first-order valence-electron chi connectivity index (χ1n) is 4.62. The van der Waals surface area contributed by atoms with Crippen molar-refractivity contribution in [3.63, 3.8) is 0 Å². The Hall–Kier alpha value is -2.37. The van der Waals surface area contributed by atoms with Gasteiger partial charge in [-0.05, 0) is 19.1 Å². The van der Waals surface area contributed by atoms with Gasteiger partial charge in [0.25, 0.3) is 5.91 Å². The Balaban J connectivity index is 2.18. The summed E-state index contributed by atoms with van der Waals surface area (Å²) in [5.74, 6) is 0.545. The molecule has 0 aromatic carbocycles. The number of hydrogen-bond donors (Lipinski definition) is 2. The van der Waals surface area contributed by atoms with E-state index in [1.165, 1.54) is 6.20 Å². The molecule has 0 saturated heterocycles. The van der Waals surface area contributed by atoms with E-state index < -0.39 is 5.91 Å². The van der Waals surface area contributed by atoms with E-state index >= 15 is 0 Å². The molecule has 0 atom stereocenters. The number of nitrogens with one attached hydrogen (secondary N) is 1. The molecule has 16 heavy (non-hydrogen) atoms. The highest BCUT2D eigenvalue weighted by atomic mass is 16.5. The van der Waals surface area contributed by atoms with E-state index in [0.29, 0.717) is 17.3 Å². The normalized spacial score (nSPS) is 10.1. The summed E-state index contributed by atoms with van der Waals surface area (Å²) in [5.41, 5.74) is 6.10. The lowest BCUT2D eigenvalue weighted by molar-refractivity contribution is 0.102. The lowest BCUT2D eigenvalue weighted by atomic mass is 10.3. The molecule has 0 bridgehead atoms. The molecule has 0 aliphatic carbocycles. The molecule has 0 saturated carbocycles. The van der Waals surface area contributed by atoms with Gasteiger partial charge in [-0.2, -0.15) is 0 Å². The van der Waals surface area contributed by atoms with Crippen LogP contribution in [0, 0.1) is 6.92 Å². The smallest absolute Gasteiger partial charge is 0.277 e. The fourth-order valence-electron chi connectivity index (χ4n) is 1.21. The van der Waals surface area contributed by atoms with Gasteiger partial charge in [0, 0.05) is 12.3 Å². The maximum Gasteiger partial charge on any atom is 0.277 e. The van der Waals surface area contributed by atoms with Crippen molar-refractivity contribution in [2.24, 2.45) is 0 Å². The number of nitrogens with two attached hydrogens (primary N) is 1. The number of carbonyl (C=O) groups is 1. The van der Waals surface area contributed by atoms with Gasteiger partial charge >= 0.3 is 0 Å². The molecule has 2 aromatic heterocycles. The fraction of sp³-hybridized carbons (Fsp3) is 0.100. The van der Waals surface area contributed by atoms with Crippen molar-refractivity contribution in [1.82, 2.24) is 10.1 Å². The van der Waals surface area contributed by atoms with Crippen LogP contribution in [0.2, 0.25) is 0 Å². The summed E-state index contributed by atoms with van der Waals surface area (Å²) in [7, 11) is 0. The quantitative estimate of drug-likeness (QED) is 0.790. The van der Waals surface area contributed by atoms with Crippen LogP contribution >= 0.6 is 0 Å². The van der Waals surface area contributed by atoms with E-state index in [0.717, 1.165) is 0 Å². The van der Waals surface area contributed by atoms with Crippen LogP contribution < -0.4 is 11.1 Å². The van der Waals surface area contributed by atoms with E-state index in [-0.39, 0.29) is 5.69 Å². The van der Waals surface area contributed by atoms with Crippen molar-refractivity contribution in [2.75, 3.05) is 11.1 Å². The molecule has 2 aromatic rings. The summed E-state index contributed by atoms with van der Waals surface area (Å²) < 4.78 is 4.82. The number of aryl methyl sites for hydroxylation is 1. The second kappa shape index (κ2) is 4.01. The molecule has 0 aliphatic heterocycles. The monoisotopic (exact) mass is 218 g/mol. The first kappa shape index (κ1) is 10.2. The highest BCUT2D eigenvalue weighted by Crippen LogP contribution is 2.11. The lowest BCUT2D eigenvalue weighted by Gasteiger charge is -2.02. The summed E-state index contributed by atoms with van der Waals surface area (Å²) in [6, 6.07) is 4.87. The fourth-order valence-corrected chi connectivity index (χ4v) is 1.21. The molecule has 2 rings (SSSR count). The van der Waals surface area contributed by atoms with E-state index in [9.17, 15) is 4.79 Å². The van der Waals surface area contributed by atoms with Crippen LogP contribution in [0.3, 0.4) is 0 Å². The number of pyridine rings is 1. The maximum atomic E-state index is 11.7. The molecule has 82 valence electrons. The van der Waals surface area contributed by atoms with E-state index in [1.807, 2.05) is 0 Å². The van der Waals surface area contributed by atoms with Gasteiger partial charge in [0.15, 0.2) is 11.5 Å². The SMILES string of the molecule is Cc1cc(NC(=O)c2ncccc2N)no1. The van der Waals surface area contributed by atoms with Crippen LogP contribution in [0.15, 0.2) is 28.9 Å². The third-order valence-electron chi connectivity index (χ3n) is 1.92. The van der Waals surface area contributed by atoms with Crippen molar-refractivity contribution >= 4 is 17.4 Å². The highest BCUT2D eigenvalue weighted by molar-refractivity contribution is 6.05. The third kappa shape index (κ3) is 2.00. The molecule has 0 fully saturated rings. The highest BCUT2D eigenvalue weighted by Gasteiger charge is 2.12. The Morgan fingerprint density at radius 3 is 3.00 bits per heavy atom. The maximum absolute atomic E-state index is 11.7. The summed E-state index contributed by atoms with van der Waals surface area (Å²) in [6.45, 7) is 1.73. The van der Waals surface area contributed by atoms with Gasteiger partial charge in [0.05, 0.1) is 5.69 Å². The minimum atomic E-state index is -0.411. The summed E-state index contributed by atoms with van der Waals surface area (Å²) >= 11 is 0. The topological polar surface area (TPSA) is 94.0 Å². The standard InChI is InChI=1S/C10H10N4O2/c1-6-5-8(14-16-6)13-10(15)9-7(11)3-2-4-12-9/h2-5H,11H2,1H3,(H,13,14,15). The summed E-state index contributed by atoms with van der Waals surface area (Å²) in [5, 5.41) is 6.17. The molecule has 0 unspecified atom stereocenters. The zero-order valence-electron chi connectivity index (χ0n) is 8.60. The first-order chi connectivity index (χ1) is 7.66. The average Bonchev–Trinajstić information content (AvgIpc) is 2.64. The van der Waals surface area contributed by atoms with Crippen molar-refractivity contribution in [3.8, 4) is 0 Å². The molecular formula is C10H10N4O2. The van der Waals surface area contributed by atoms with Gasteiger partial charge in [-0.1, -0.05) is 5.16 Å². The molecule has 6 heteroatoms. The molecule has 0 aliphatic rings. The largest absolute Gasteiger partial charge is 0.397 e. The van der Waals surface area contributed by atoms with Gasteiger partial charge in [-0.15, -0.1) is 0 Å². The lowest BCUT2D eigenvalue weighted by Crippen LogP contribution is -2.15. The Labute approximate surface area is 91.5 Å². The Bertz CT molecular complexity index is 521. The number of anilines is 2. The second-order valence-corrected chi connectivity index (χ2v) is 3.22. The number of nitrogen functional groups attached to an aromatic ring is 1. The van der Waals surface area contributed by atoms with Gasteiger partial charge < -0.3 is 15.6 Å². The molecule has 0 spiro atoms. The van der Waals surface area contributed by atoms with Crippen LogP contribution in [-0.2, 0) is 0 Å². The first-order valence-corrected chi connectivity index (χ1v) is 4.62. The molecule has 1 amide bonds. The van der Waals surface area contributed by atoms with Crippen LogP contribution in [0.1, 0.15) is 16.2 Å². The van der Waals surface area contributed by atoms with Crippen LogP contribution in [0.25, 0.3) is 0 Å². The number of rotatable bonds is 2. The predicted octanol–water partition coefficient (Wildman–Crippen LogP) is 1.21. The number of amides is 1. The second-order valence-electron chi connectivity index (χ2n) is 3.22. The molecule has 3 N–H and O–H groups in total. The molecule has 0 radical (unpaired) electrons. The molecular weight excluding hydrogens is 208 g/mol. The predicted molar refractivity (Wildman–Crippen MR) is 57.8 cm³/mol. The number of hydrogen-bond acceptors (Lipinski definition) is 5. The van der Waals surface area contributed by atoms with Crippen LogP contribution in [0.5, 0.6) is 0 Å². The molecule has 6 nitrogen and oxygen atoms in total. The van der Waals surface area contributed by atoms with Gasteiger partial charge in [0.1, 0.15) is 5.76 Å². The van der Waals surface area contributed by atoms with Crippen molar-refractivity contribution < 1.29 is 9.32 Å². The summed E-state index contributed by atoms with van der Waals surface area (Å²) in [4.78, 5) is 15.6. The number of aromatic nitrogens is 2. The van der Waals surface area contributed by atoms with Crippen molar-refractivity contribution in [2.45, 2.75) is 6.92 Å². The number of carbonyl (C=O) groups excluding carboxylic acids is 1. The van der Waals surface area contributed by atoms with Crippen LogP contribution in [-0.4, -0.2) is 16.0 Å².